The lowest BCUT2D eigenvalue weighted by Gasteiger charge is -2.25. The second kappa shape index (κ2) is 7.73. The molecule has 1 aromatic rings. The van der Waals surface area contributed by atoms with E-state index in [-0.39, 0.29) is 23.7 Å². The highest BCUT2D eigenvalue weighted by atomic mass is 35.5. The molecule has 0 radical (unpaired) electrons. The summed E-state index contributed by atoms with van der Waals surface area (Å²) in [6.07, 6.45) is 0.306. The van der Waals surface area contributed by atoms with Crippen LogP contribution in [0.3, 0.4) is 0 Å². The summed E-state index contributed by atoms with van der Waals surface area (Å²) in [4.78, 5) is 14.2. The number of ether oxygens (including phenoxy) is 1. The highest BCUT2D eigenvalue weighted by molar-refractivity contribution is 6.42. The summed E-state index contributed by atoms with van der Waals surface area (Å²) < 4.78 is 5.66. The van der Waals surface area contributed by atoms with Gasteiger partial charge in [-0.25, -0.2) is 0 Å². The van der Waals surface area contributed by atoms with Gasteiger partial charge in [-0.15, -0.1) is 12.4 Å². The summed E-state index contributed by atoms with van der Waals surface area (Å²) in [6.45, 7) is 5.77. The molecule has 1 aromatic carbocycles. The fraction of sp³-hybridized carbons (Fsp3) is 0.533. The van der Waals surface area contributed by atoms with Crippen molar-refractivity contribution < 1.29 is 9.53 Å². The summed E-state index contributed by atoms with van der Waals surface area (Å²) in [5.74, 6) is 0.369. The van der Waals surface area contributed by atoms with Crippen LogP contribution >= 0.6 is 35.6 Å². The first-order chi connectivity index (χ1) is 9.86. The highest BCUT2D eigenvalue weighted by Crippen LogP contribution is 2.33. The van der Waals surface area contributed by atoms with Crippen molar-refractivity contribution in [1.29, 1.82) is 0 Å². The van der Waals surface area contributed by atoms with Crippen LogP contribution in [-0.2, 0) is 4.79 Å². The minimum absolute atomic E-state index is 0. The van der Waals surface area contributed by atoms with Crippen molar-refractivity contribution in [2.45, 2.75) is 26.4 Å². The molecule has 4 nitrogen and oxygen atoms in total. The number of halogens is 3. The third-order valence-electron chi connectivity index (χ3n) is 3.93. The van der Waals surface area contributed by atoms with Gasteiger partial charge in [0.25, 0.3) is 5.91 Å². The predicted molar refractivity (Wildman–Crippen MR) is 92.2 cm³/mol. The topological polar surface area (TPSA) is 55.6 Å². The Morgan fingerprint density at radius 1 is 1.50 bits per heavy atom. The van der Waals surface area contributed by atoms with Crippen molar-refractivity contribution in [3.8, 4) is 5.75 Å². The zero-order valence-corrected chi connectivity index (χ0v) is 15.0. The van der Waals surface area contributed by atoms with E-state index in [1.54, 1.807) is 30.0 Å². The Kier molecular flexibility index (Phi) is 6.81. The van der Waals surface area contributed by atoms with Gasteiger partial charge in [-0.05, 0) is 37.4 Å². The first-order valence-corrected chi connectivity index (χ1v) is 7.71. The molecule has 22 heavy (non-hydrogen) atoms. The van der Waals surface area contributed by atoms with Crippen LogP contribution in [0.4, 0.5) is 0 Å². The second-order valence-corrected chi connectivity index (χ2v) is 6.62. The molecule has 2 N–H and O–H groups in total. The Bertz CT molecular complexity index is 542. The van der Waals surface area contributed by atoms with E-state index in [1.807, 2.05) is 0 Å². The number of amides is 1. The van der Waals surface area contributed by atoms with Gasteiger partial charge in [0.1, 0.15) is 10.8 Å². The average molecular weight is 368 g/mol. The quantitative estimate of drug-likeness (QED) is 0.887. The van der Waals surface area contributed by atoms with Gasteiger partial charge in [0.2, 0.25) is 0 Å². The summed E-state index contributed by atoms with van der Waals surface area (Å²) in [7, 11) is 0. The third-order valence-corrected chi connectivity index (χ3v) is 4.73. The zero-order chi connectivity index (χ0) is 15.6. The molecule has 0 spiro atoms. The fourth-order valence-corrected chi connectivity index (χ4v) is 2.79. The van der Waals surface area contributed by atoms with E-state index in [2.05, 4.69) is 6.92 Å². The van der Waals surface area contributed by atoms with E-state index in [0.29, 0.717) is 35.4 Å². The predicted octanol–water partition coefficient (Wildman–Crippen LogP) is 3.38. The Balaban J connectivity index is 0.00000242. The van der Waals surface area contributed by atoms with E-state index in [9.17, 15) is 4.79 Å². The number of likely N-dealkylation sites (tertiary alicyclic amines) is 1. The van der Waals surface area contributed by atoms with Gasteiger partial charge in [0, 0.05) is 13.1 Å². The van der Waals surface area contributed by atoms with Crippen LogP contribution in [0, 0.1) is 5.41 Å². The number of nitrogens with two attached hydrogens (primary N) is 1. The van der Waals surface area contributed by atoms with Crippen LogP contribution in [-0.4, -0.2) is 36.5 Å². The first-order valence-electron chi connectivity index (χ1n) is 6.96. The third kappa shape index (κ3) is 4.19. The van der Waals surface area contributed by atoms with E-state index in [0.717, 1.165) is 6.42 Å². The SMILES string of the molecule is CC(Oc1cccc(Cl)c1Cl)C(=O)N1CCC(C)(CN)C1.Cl. The molecule has 1 fully saturated rings. The zero-order valence-electron chi connectivity index (χ0n) is 12.6. The summed E-state index contributed by atoms with van der Waals surface area (Å²) in [5, 5.41) is 0.734. The van der Waals surface area contributed by atoms with Crippen molar-refractivity contribution in [2.75, 3.05) is 19.6 Å². The van der Waals surface area contributed by atoms with Crippen LogP contribution in [0.2, 0.25) is 10.0 Å². The smallest absolute Gasteiger partial charge is 0.263 e. The molecule has 1 aliphatic heterocycles. The maximum Gasteiger partial charge on any atom is 0.263 e. The van der Waals surface area contributed by atoms with Crippen LogP contribution in [0.5, 0.6) is 5.75 Å². The molecule has 7 heteroatoms. The van der Waals surface area contributed by atoms with Crippen molar-refractivity contribution in [1.82, 2.24) is 4.90 Å². The van der Waals surface area contributed by atoms with Gasteiger partial charge in [-0.2, -0.15) is 0 Å². The average Bonchev–Trinajstić information content (AvgIpc) is 2.86. The molecule has 2 atom stereocenters. The number of hydrogen-bond acceptors (Lipinski definition) is 3. The Morgan fingerprint density at radius 2 is 2.18 bits per heavy atom. The van der Waals surface area contributed by atoms with E-state index in [4.69, 9.17) is 33.7 Å². The minimum Gasteiger partial charge on any atom is -0.479 e. The largest absolute Gasteiger partial charge is 0.479 e. The summed E-state index contributed by atoms with van der Waals surface area (Å²) >= 11 is 12.0. The van der Waals surface area contributed by atoms with Crippen molar-refractivity contribution in [3.63, 3.8) is 0 Å². The first kappa shape index (κ1) is 19.4. The minimum atomic E-state index is -0.610. The summed E-state index contributed by atoms with van der Waals surface area (Å²) in [5.41, 5.74) is 5.77. The molecule has 1 heterocycles. The Morgan fingerprint density at radius 3 is 2.77 bits per heavy atom. The van der Waals surface area contributed by atoms with Crippen molar-refractivity contribution in [3.05, 3.63) is 28.2 Å². The molecule has 0 aliphatic carbocycles. The van der Waals surface area contributed by atoms with Gasteiger partial charge in [-0.1, -0.05) is 36.2 Å². The standard InChI is InChI=1S/C15H20Cl2N2O2.ClH/c1-10(21-12-5-3-4-11(16)13(12)17)14(20)19-7-6-15(2,8-18)9-19;/h3-5,10H,6-9,18H2,1-2H3;1H. The lowest BCUT2D eigenvalue weighted by atomic mass is 9.90. The molecule has 2 rings (SSSR count). The maximum absolute atomic E-state index is 12.4. The van der Waals surface area contributed by atoms with Gasteiger partial charge in [0.05, 0.1) is 5.02 Å². The normalized spacial score (nSPS) is 22.1. The van der Waals surface area contributed by atoms with Gasteiger partial charge < -0.3 is 15.4 Å². The fourth-order valence-electron chi connectivity index (χ4n) is 2.45. The molecular formula is C15H21Cl3N2O2. The molecule has 1 amide bonds. The van der Waals surface area contributed by atoms with Crippen molar-refractivity contribution >= 4 is 41.5 Å². The van der Waals surface area contributed by atoms with E-state index >= 15 is 0 Å². The van der Waals surface area contributed by atoms with E-state index in [1.165, 1.54) is 0 Å². The molecule has 1 aliphatic rings. The second-order valence-electron chi connectivity index (χ2n) is 5.84. The van der Waals surface area contributed by atoms with Gasteiger partial charge in [-0.3, -0.25) is 4.79 Å². The monoisotopic (exact) mass is 366 g/mol. The Hall–Kier alpha value is -0.680. The van der Waals surface area contributed by atoms with Crippen LogP contribution in [0.15, 0.2) is 18.2 Å². The summed E-state index contributed by atoms with van der Waals surface area (Å²) in [6, 6.07) is 5.12. The lowest BCUT2D eigenvalue weighted by molar-refractivity contribution is -0.137. The van der Waals surface area contributed by atoms with Crippen LogP contribution in [0.25, 0.3) is 0 Å². The molecule has 1 saturated heterocycles. The number of carbonyl (C=O) groups excluding carboxylic acids is 1. The van der Waals surface area contributed by atoms with Crippen molar-refractivity contribution in [2.24, 2.45) is 11.1 Å². The maximum atomic E-state index is 12.4. The van der Waals surface area contributed by atoms with Crippen LogP contribution in [0.1, 0.15) is 20.3 Å². The number of rotatable bonds is 4. The number of benzene rings is 1. The van der Waals surface area contributed by atoms with Gasteiger partial charge >= 0.3 is 0 Å². The number of nitrogens with zero attached hydrogens (tertiary/aromatic N) is 1. The highest BCUT2D eigenvalue weighted by Gasteiger charge is 2.36. The number of hydrogen-bond donors (Lipinski definition) is 1. The lowest BCUT2D eigenvalue weighted by Crippen LogP contribution is -2.41. The molecule has 0 aromatic heterocycles. The van der Waals surface area contributed by atoms with E-state index < -0.39 is 6.10 Å². The molecular weight excluding hydrogens is 347 g/mol. The molecule has 0 saturated carbocycles. The molecule has 0 bridgehead atoms. The molecule has 2 unspecified atom stereocenters. The van der Waals surface area contributed by atoms with Crippen LogP contribution < -0.4 is 10.5 Å². The number of carbonyl (C=O) groups is 1. The Labute approximate surface area is 147 Å². The van der Waals surface area contributed by atoms with Gasteiger partial charge in [0.15, 0.2) is 6.10 Å². The molecule has 124 valence electrons.